The Morgan fingerprint density at radius 3 is 2.88 bits per heavy atom. The molecule has 0 unspecified atom stereocenters. The second kappa shape index (κ2) is 5.12. The van der Waals surface area contributed by atoms with Crippen LogP contribution < -0.4 is 4.72 Å². The van der Waals surface area contributed by atoms with Crippen molar-refractivity contribution in [3.8, 4) is 0 Å². The van der Waals surface area contributed by atoms with Gasteiger partial charge >= 0.3 is 0 Å². The van der Waals surface area contributed by atoms with Crippen LogP contribution in [0.5, 0.6) is 0 Å². The second-order valence-corrected chi connectivity index (χ2v) is 7.47. The molecule has 0 aliphatic heterocycles. The zero-order valence-corrected chi connectivity index (χ0v) is 11.1. The van der Waals surface area contributed by atoms with Crippen LogP contribution in [-0.4, -0.2) is 26.2 Å². The van der Waals surface area contributed by atoms with Crippen LogP contribution in [0.4, 0.5) is 0 Å². The highest BCUT2D eigenvalue weighted by atomic mass is 33.1. The van der Waals surface area contributed by atoms with Gasteiger partial charge in [0.15, 0.2) is 0 Å². The third-order valence-corrected chi connectivity index (χ3v) is 5.23. The van der Waals surface area contributed by atoms with Gasteiger partial charge in [-0.3, -0.25) is 0 Å². The third kappa shape index (κ3) is 3.02. The summed E-state index contributed by atoms with van der Waals surface area (Å²) >= 11 is 0. The fraction of sp³-hybridized carbons (Fsp3) is 0.273. The van der Waals surface area contributed by atoms with Gasteiger partial charge in [0.05, 0.1) is 0 Å². The summed E-state index contributed by atoms with van der Waals surface area (Å²) in [4.78, 5) is 3.17. The summed E-state index contributed by atoms with van der Waals surface area (Å²) in [5.41, 5.74) is 2.21. The van der Waals surface area contributed by atoms with Gasteiger partial charge in [-0.2, -0.15) is 0 Å². The van der Waals surface area contributed by atoms with E-state index in [0.717, 1.165) is 27.3 Å². The minimum absolute atomic E-state index is 0.422. The van der Waals surface area contributed by atoms with Crippen LogP contribution >= 0.6 is 10.8 Å². The summed E-state index contributed by atoms with van der Waals surface area (Å²) < 4.78 is 25.0. The van der Waals surface area contributed by atoms with E-state index in [0.29, 0.717) is 13.0 Å². The Bertz CT molecular complexity index is 605. The summed E-state index contributed by atoms with van der Waals surface area (Å²) in [6.45, 7) is 0.422. The molecule has 0 saturated heterocycles. The normalized spacial score (nSPS) is 12.1. The first-order valence-corrected chi connectivity index (χ1v) is 8.45. The number of nitrogens with one attached hydrogen (secondary N) is 2. The van der Waals surface area contributed by atoms with E-state index in [1.165, 1.54) is 0 Å². The van der Waals surface area contributed by atoms with Crippen molar-refractivity contribution in [1.29, 1.82) is 0 Å². The summed E-state index contributed by atoms with van der Waals surface area (Å²) in [5.74, 6) is 0. The Hall–Kier alpha value is -0.980. The topological polar surface area (TPSA) is 62.0 Å². The fourth-order valence-corrected chi connectivity index (χ4v) is 2.78. The number of para-hydroxylation sites is 1. The lowest BCUT2D eigenvalue weighted by Gasteiger charge is -2.02. The highest BCUT2D eigenvalue weighted by molar-refractivity contribution is 8.71. The quantitative estimate of drug-likeness (QED) is 0.816. The van der Waals surface area contributed by atoms with Crippen molar-refractivity contribution in [2.45, 2.75) is 6.42 Å². The number of rotatable bonds is 5. The van der Waals surface area contributed by atoms with E-state index in [4.69, 9.17) is 0 Å². The monoisotopic (exact) mass is 270 g/mol. The molecule has 0 saturated carbocycles. The van der Waals surface area contributed by atoms with Crippen molar-refractivity contribution in [2.75, 3.05) is 12.8 Å². The Morgan fingerprint density at radius 1 is 1.35 bits per heavy atom. The van der Waals surface area contributed by atoms with Crippen molar-refractivity contribution in [1.82, 2.24) is 9.71 Å². The molecule has 0 spiro atoms. The lowest BCUT2D eigenvalue weighted by atomic mass is 10.1. The number of benzene rings is 1. The molecule has 0 fully saturated rings. The molecule has 2 N–H and O–H groups in total. The number of H-pyrrole nitrogens is 1. The molecule has 0 aliphatic rings. The maximum absolute atomic E-state index is 11.2. The van der Waals surface area contributed by atoms with Gasteiger partial charge in [0.2, 0.25) is 0 Å². The maximum Gasteiger partial charge on any atom is 0.264 e. The highest BCUT2D eigenvalue weighted by Gasteiger charge is 2.07. The van der Waals surface area contributed by atoms with Gasteiger partial charge in [-0.1, -0.05) is 18.2 Å². The molecule has 2 rings (SSSR count). The molecule has 0 amide bonds. The van der Waals surface area contributed by atoms with E-state index in [2.05, 4.69) is 9.71 Å². The molecule has 0 bridgehead atoms. The van der Waals surface area contributed by atoms with Crippen molar-refractivity contribution in [2.24, 2.45) is 0 Å². The Labute approximate surface area is 104 Å². The average Bonchev–Trinajstić information content (AvgIpc) is 2.73. The van der Waals surface area contributed by atoms with Crippen LogP contribution in [-0.2, 0) is 15.5 Å². The standard InChI is InChI=1S/C11H14N2O2S2/c1-16-17(14,15)13-7-6-9-8-12-11-5-3-2-4-10(9)11/h2-5,8,12-13H,6-7H2,1H3. The molecular weight excluding hydrogens is 256 g/mol. The van der Waals surface area contributed by atoms with Crippen molar-refractivity contribution >= 4 is 30.8 Å². The third-order valence-electron chi connectivity index (χ3n) is 2.57. The van der Waals surface area contributed by atoms with Gasteiger partial charge in [0, 0.05) is 23.6 Å². The van der Waals surface area contributed by atoms with Crippen LogP contribution in [0.2, 0.25) is 0 Å². The minimum atomic E-state index is -3.17. The van der Waals surface area contributed by atoms with Gasteiger partial charge in [0.1, 0.15) is 0 Å². The van der Waals surface area contributed by atoms with E-state index in [9.17, 15) is 8.42 Å². The summed E-state index contributed by atoms with van der Waals surface area (Å²) in [7, 11) is -2.35. The van der Waals surface area contributed by atoms with Gasteiger partial charge in [0.25, 0.3) is 9.06 Å². The van der Waals surface area contributed by atoms with Crippen molar-refractivity contribution < 1.29 is 8.42 Å². The number of fused-ring (bicyclic) bond motifs is 1. The first-order valence-electron chi connectivity index (χ1n) is 5.22. The fourth-order valence-electron chi connectivity index (χ4n) is 1.71. The number of hydrogen-bond donors (Lipinski definition) is 2. The SMILES string of the molecule is CSS(=O)(=O)NCCc1c[nH]c2ccccc12. The molecule has 6 heteroatoms. The average molecular weight is 270 g/mol. The highest BCUT2D eigenvalue weighted by Crippen LogP contribution is 2.17. The van der Waals surface area contributed by atoms with Crippen LogP contribution in [0, 0.1) is 0 Å². The van der Waals surface area contributed by atoms with E-state index in [1.54, 1.807) is 6.26 Å². The van der Waals surface area contributed by atoms with Gasteiger partial charge < -0.3 is 4.98 Å². The zero-order chi connectivity index (χ0) is 12.3. The smallest absolute Gasteiger partial charge is 0.264 e. The van der Waals surface area contributed by atoms with Crippen LogP contribution in [0.1, 0.15) is 5.56 Å². The summed E-state index contributed by atoms with van der Waals surface area (Å²) in [6, 6.07) is 7.99. The minimum Gasteiger partial charge on any atom is -0.361 e. The molecular formula is C11H14N2O2S2. The molecule has 4 nitrogen and oxygen atoms in total. The van der Waals surface area contributed by atoms with Crippen LogP contribution in [0.3, 0.4) is 0 Å². The first kappa shape index (κ1) is 12.5. The van der Waals surface area contributed by atoms with Crippen LogP contribution in [0.15, 0.2) is 30.5 Å². The predicted octanol–water partition coefficient (Wildman–Crippen LogP) is 1.91. The van der Waals surface area contributed by atoms with E-state index >= 15 is 0 Å². The molecule has 0 aliphatic carbocycles. The molecule has 1 aromatic carbocycles. The molecule has 0 radical (unpaired) electrons. The van der Waals surface area contributed by atoms with Gasteiger partial charge in [-0.15, -0.1) is 0 Å². The van der Waals surface area contributed by atoms with E-state index in [1.807, 2.05) is 30.5 Å². The Balaban J connectivity index is 2.05. The molecule has 1 heterocycles. The summed E-state index contributed by atoms with van der Waals surface area (Å²) in [6.07, 6.45) is 4.16. The number of aromatic nitrogens is 1. The molecule has 0 atom stereocenters. The molecule has 17 heavy (non-hydrogen) atoms. The van der Waals surface area contributed by atoms with Crippen molar-refractivity contribution in [3.05, 3.63) is 36.0 Å². The second-order valence-electron chi connectivity index (χ2n) is 3.62. The lowest BCUT2D eigenvalue weighted by Crippen LogP contribution is -2.22. The number of hydrogen-bond acceptors (Lipinski definition) is 3. The van der Waals surface area contributed by atoms with Gasteiger partial charge in [-0.05, 0) is 35.1 Å². The van der Waals surface area contributed by atoms with E-state index < -0.39 is 9.06 Å². The lowest BCUT2D eigenvalue weighted by molar-refractivity contribution is 0.597. The van der Waals surface area contributed by atoms with E-state index in [-0.39, 0.29) is 0 Å². The number of aromatic amines is 1. The zero-order valence-electron chi connectivity index (χ0n) is 9.43. The molecule has 1 aromatic heterocycles. The predicted molar refractivity (Wildman–Crippen MR) is 72.4 cm³/mol. The molecule has 2 aromatic rings. The Kier molecular flexibility index (Phi) is 3.76. The first-order chi connectivity index (χ1) is 8.12. The van der Waals surface area contributed by atoms with Gasteiger partial charge in [-0.25, -0.2) is 13.1 Å². The Morgan fingerprint density at radius 2 is 2.12 bits per heavy atom. The maximum atomic E-state index is 11.2. The van der Waals surface area contributed by atoms with Crippen LogP contribution in [0.25, 0.3) is 10.9 Å². The summed E-state index contributed by atoms with van der Waals surface area (Å²) in [5, 5.41) is 1.15. The van der Waals surface area contributed by atoms with Crippen molar-refractivity contribution in [3.63, 3.8) is 0 Å². The largest absolute Gasteiger partial charge is 0.361 e. The molecule has 92 valence electrons.